The number of H-pyrrole nitrogens is 1. The number of nitrogen functional groups attached to an aromatic ring is 1. The quantitative estimate of drug-likeness (QED) is 0.632. The summed E-state index contributed by atoms with van der Waals surface area (Å²) in [6, 6.07) is 1.69. The highest BCUT2D eigenvalue weighted by molar-refractivity contribution is 8.13. The Morgan fingerprint density at radius 1 is 1.53 bits per heavy atom. The normalized spacial score (nSPS) is 10.5. The molecule has 0 bridgehead atoms. The van der Waals surface area contributed by atoms with Crippen molar-refractivity contribution in [2.24, 2.45) is 0 Å². The van der Waals surface area contributed by atoms with Gasteiger partial charge in [0, 0.05) is 16.9 Å². The molecule has 0 saturated carbocycles. The molecule has 5 nitrogen and oxygen atoms in total. The average molecular weight is 254 g/mol. The fraction of sp³-hybridized carbons (Fsp3) is 0.625. The van der Waals surface area contributed by atoms with Crippen molar-refractivity contribution in [1.29, 1.82) is 0 Å². The Morgan fingerprint density at radius 2 is 2.20 bits per heavy atom. The van der Waals surface area contributed by atoms with Crippen LogP contribution in [-0.2, 0) is 9.05 Å². The third-order valence-electron chi connectivity index (χ3n) is 1.51. The van der Waals surface area contributed by atoms with E-state index in [1.807, 2.05) is 6.92 Å². The number of halogens is 1. The van der Waals surface area contributed by atoms with Crippen molar-refractivity contribution in [2.75, 3.05) is 11.5 Å². The van der Waals surface area contributed by atoms with E-state index in [0.717, 1.165) is 12.8 Å². The maximum atomic E-state index is 10.3. The highest BCUT2D eigenvalue weighted by Gasteiger charge is 2.02. The summed E-state index contributed by atoms with van der Waals surface area (Å²) in [4.78, 5) is 0. The highest BCUT2D eigenvalue weighted by atomic mass is 35.7. The number of nitrogens with zero attached hydrogens (tertiary/aromatic N) is 1. The summed E-state index contributed by atoms with van der Waals surface area (Å²) in [5, 5.41) is 6.12. The summed E-state index contributed by atoms with van der Waals surface area (Å²) < 4.78 is 20.5. The van der Waals surface area contributed by atoms with Crippen LogP contribution >= 0.6 is 10.7 Å². The summed E-state index contributed by atoms with van der Waals surface area (Å²) in [5.41, 5.74) is 5.14. The van der Waals surface area contributed by atoms with Gasteiger partial charge in [-0.2, -0.15) is 5.10 Å². The zero-order chi connectivity index (χ0) is 11.7. The number of unbranched alkanes of at least 4 members (excludes halogenated alkanes) is 2. The predicted molar refractivity (Wildman–Crippen MR) is 62.2 cm³/mol. The minimum atomic E-state index is -3.22. The van der Waals surface area contributed by atoms with E-state index < -0.39 is 9.05 Å². The van der Waals surface area contributed by atoms with Crippen LogP contribution in [0, 0.1) is 0 Å². The van der Waals surface area contributed by atoms with Gasteiger partial charge in [-0.05, 0) is 12.5 Å². The third kappa shape index (κ3) is 11.2. The molecule has 0 saturated heterocycles. The van der Waals surface area contributed by atoms with Gasteiger partial charge in [-0.1, -0.05) is 19.8 Å². The molecule has 0 radical (unpaired) electrons. The van der Waals surface area contributed by atoms with E-state index in [-0.39, 0.29) is 5.75 Å². The lowest BCUT2D eigenvalue weighted by atomic mass is 10.3. The van der Waals surface area contributed by atoms with E-state index in [1.165, 1.54) is 0 Å². The molecule has 0 atom stereocenters. The topological polar surface area (TPSA) is 88.8 Å². The number of nitrogens with two attached hydrogens (primary N) is 1. The fourth-order valence-electron chi connectivity index (χ4n) is 0.796. The smallest absolute Gasteiger partial charge is 0.232 e. The van der Waals surface area contributed by atoms with Crippen molar-refractivity contribution < 1.29 is 8.42 Å². The summed E-state index contributed by atoms with van der Waals surface area (Å²) in [7, 11) is 1.72. The Morgan fingerprint density at radius 3 is 2.47 bits per heavy atom. The van der Waals surface area contributed by atoms with Gasteiger partial charge in [0.25, 0.3) is 0 Å². The molecule has 7 heteroatoms. The van der Waals surface area contributed by atoms with Crippen molar-refractivity contribution in [3.05, 3.63) is 12.3 Å². The van der Waals surface area contributed by atoms with E-state index in [1.54, 1.807) is 12.3 Å². The summed E-state index contributed by atoms with van der Waals surface area (Å²) in [6.07, 6.45) is 4.32. The van der Waals surface area contributed by atoms with Gasteiger partial charge >= 0.3 is 0 Å². The molecular formula is C8H16ClN3O2S. The SMILES string of the molecule is CCCCCS(=O)(=O)Cl.Nc1cc[nH]n1. The zero-order valence-corrected chi connectivity index (χ0v) is 10.2. The molecule has 1 aromatic rings. The van der Waals surface area contributed by atoms with Crippen LogP contribution in [0.3, 0.4) is 0 Å². The first-order valence-electron chi connectivity index (χ1n) is 4.63. The van der Waals surface area contributed by atoms with Crippen LogP contribution in [0.1, 0.15) is 26.2 Å². The van der Waals surface area contributed by atoms with Crippen LogP contribution in [0.25, 0.3) is 0 Å². The van der Waals surface area contributed by atoms with Gasteiger partial charge in [0.2, 0.25) is 9.05 Å². The molecule has 0 fully saturated rings. The Kier molecular flexibility index (Phi) is 7.15. The first kappa shape index (κ1) is 14.2. The van der Waals surface area contributed by atoms with Crippen molar-refractivity contribution in [3.8, 4) is 0 Å². The highest BCUT2D eigenvalue weighted by Crippen LogP contribution is 2.02. The van der Waals surface area contributed by atoms with E-state index >= 15 is 0 Å². The maximum absolute atomic E-state index is 10.3. The van der Waals surface area contributed by atoms with Gasteiger partial charge in [0.05, 0.1) is 5.75 Å². The van der Waals surface area contributed by atoms with Gasteiger partial charge in [-0.25, -0.2) is 8.42 Å². The molecule has 0 amide bonds. The zero-order valence-electron chi connectivity index (χ0n) is 8.61. The second kappa shape index (κ2) is 7.53. The van der Waals surface area contributed by atoms with Crippen LogP contribution in [0.2, 0.25) is 0 Å². The Balaban J connectivity index is 0.000000280. The lowest BCUT2D eigenvalue weighted by Crippen LogP contribution is -1.95. The second-order valence-electron chi connectivity index (χ2n) is 2.95. The lowest BCUT2D eigenvalue weighted by molar-refractivity contribution is 0.604. The molecule has 88 valence electrons. The van der Waals surface area contributed by atoms with Gasteiger partial charge < -0.3 is 5.73 Å². The maximum Gasteiger partial charge on any atom is 0.232 e. The predicted octanol–water partition coefficient (Wildman–Crippen LogP) is 1.74. The molecule has 1 rings (SSSR count). The summed E-state index contributed by atoms with van der Waals surface area (Å²) in [5.74, 6) is 0.651. The van der Waals surface area contributed by atoms with Crippen molar-refractivity contribution in [2.45, 2.75) is 26.2 Å². The number of nitrogens with one attached hydrogen (secondary N) is 1. The largest absolute Gasteiger partial charge is 0.382 e. The second-order valence-corrected chi connectivity index (χ2v) is 5.85. The first-order chi connectivity index (χ1) is 6.95. The van der Waals surface area contributed by atoms with Crippen LogP contribution in [0.5, 0.6) is 0 Å². The summed E-state index contributed by atoms with van der Waals surface area (Å²) in [6.45, 7) is 2.01. The Hall–Kier alpha value is -0.750. The number of rotatable bonds is 4. The molecule has 0 spiro atoms. The molecule has 0 aliphatic heterocycles. The molecular weight excluding hydrogens is 238 g/mol. The number of hydrogen-bond donors (Lipinski definition) is 2. The van der Waals surface area contributed by atoms with Crippen LogP contribution in [0.4, 0.5) is 5.82 Å². The third-order valence-corrected chi connectivity index (χ3v) is 2.75. The number of aromatic nitrogens is 2. The number of hydrogen-bond acceptors (Lipinski definition) is 4. The monoisotopic (exact) mass is 253 g/mol. The number of anilines is 1. The standard InChI is InChI=1S/C5H11ClO2S.C3H5N3/c1-2-3-4-5-9(6,7)8;4-3-1-2-5-6-3/h2-5H2,1H3;1-2H,(H3,4,5,6). The minimum absolute atomic E-state index is 0.113. The first-order valence-corrected chi connectivity index (χ1v) is 7.11. The lowest BCUT2D eigenvalue weighted by Gasteiger charge is -1.92. The molecule has 15 heavy (non-hydrogen) atoms. The Labute approximate surface area is 94.4 Å². The Bertz CT molecular complexity index is 337. The van der Waals surface area contributed by atoms with E-state index in [9.17, 15) is 8.42 Å². The van der Waals surface area contributed by atoms with Gasteiger partial charge in [0.1, 0.15) is 5.82 Å². The van der Waals surface area contributed by atoms with Crippen molar-refractivity contribution in [3.63, 3.8) is 0 Å². The fourth-order valence-corrected chi connectivity index (χ4v) is 1.67. The molecule has 0 aliphatic rings. The van der Waals surface area contributed by atoms with Crippen LogP contribution in [-0.4, -0.2) is 24.4 Å². The minimum Gasteiger partial charge on any atom is -0.382 e. The van der Waals surface area contributed by atoms with Crippen LogP contribution < -0.4 is 5.73 Å². The van der Waals surface area contributed by atoms with Crippen LogP contribution in [0.15, 0.2) is 12.3 Å². The van der Waals surface area contributed by atoms with Crippen molar-refractivity contribution in [1.82, 2.24) is 10.2 Å². The van der Waals surface area contributed by atoms with E-state index in [0.29, 0.717) is 12.2 Å². The molecule has 0 unspecified atom stereocenters. The molecule has 0 aliphatic carbocycles. The van der Waals surface area contributed by atoms with E-state index in [4.69, 9.17) is 16.4 Å². The number of aromatic amines is 1. The molecule has 1 aromatic heterocycles. The van der Waals surface area contributed by atoms with Gasteiger partial charge in [-0.15, -0.1) is 0 Å². The molecule has 3 N–H and O–H groups in total. The van der Waals surface area contributed by atoms with E-state index in [2.05, 4.69) is 10.2 Å². The molecule has 1 heterocycles. The molecule has 0 aromatic carbocycles. The van der Waals surface area contributed by atoms with Crippen molar-refractivity contribution >= 4 is 25.6 Å². The average Bonchev–Trinajstić information content (AvgIpc) is 2.55. The summed E-state index contributed by atoms with van der Waals surface area (Å²) >= 11 is 0. The van der Waals surface area contributed by atoms with Gasteiger partial charge in [0.15, 0.2) is 0 Å². The van der Waals surface area contributed by atoms with Gasteiger partial charge in [-0.3, -0.25) is 5.10 Å².